The van der Waals surface area contributed by atoms with E-state index < -0.39 is 23.3 Å². The van der Waals surface area contributed by atoms with Crippen LogP contribution in [0.1, 0.15) is 17.5 Å². The molecule has 0 spiro atoms. The Bertz CT molecular complexity index is 562. The lowest BCUT2D eigenvalue weighted by atomic mass is 10.0. The largest absolute Gasteiger partial charge is 0.479 e. The second kappa shape index (κ2) is 5.18. The number of carboxylic acid groups (broad SMARTS) is 1. The summed E-state index contributed by atoms with van der Waals surface area (Å²) in [6.45, 7) is 1.93. The quantitative estimate of drug-likeness (QED) is 0.926. The number of carbonyl (C=O) groups is 1. The molecular formula is C13H15F3N2O3. The number of pyridine rings is 1. The summed E-state index contributed by atoms with van der Waals surface area (Å²) in [6, 6.07) is 1.01. The Balaban J connectivity index is 2.27. The van der Waals surface area contributed by atoms with Crippen LogP contribution < -0.4 is 4.90 Å². The van der Waals surface area contributed by atoms with Gasteiger partial charge in [0.1, 0.15) is 5.82 Å². The number of hydrogen-bond donors (Lipinski definition) is 1. The summed E-state index contributed by atoms with van der Waals surface area (Å²) in [5.74, 6) is -0.736. The molecule has 8 heteroatoms. The number of hydrogen-bond acceptors (Lipinski definition) is 4. The fourth-order valence-electron chi connectivity index (χ4n) is 2.44. The number of halogens is 3. The van der Waals surface area contributed by atoms with Crippen LogP contribution in [0.3, 0.4) is 0 Å². The molecule has 1 aromatic heterocycles. The van der Waals surface area contributed by atoms with Crippen molar-refractivity contribution in [2.24, 2.45) is 0 Å². The molecule has 2 heterocycles. The number of methoxy groups -OCH3 is 1. The van der Waals surface area contributed by atoms with E-state index in [2.05, 4.69) is 4.98 Å². The molecular weight excluding hydrogens is 289 g/mol. The molecule has 21 heavy (non-hydrogen) atoms. The predicted octanol–water partition coefficient (Wildman–Crippen LogP) is 2.09. The fraction of sp³-hybridized carbons (Fsp3) is 0.538. The van der Waals surface area contributed by atoms with E-state index in [-0.39, 0.29) is 13.0 Å². The van der Waals surface area contributed by atoms with Crippen LogP contribution in [0.2, 0.25) is 0 Å². The predicted molar refractivity (Wildman–Crippen MR) is 68.2 cm³/mol. The number of aryl methyl sites for hydroxylation is 1. The van der Waals surface area contributed by atoms with Gasteiger partial charge in [0.2, 0.25) is 0 Å². The average molecular weight is 304 g/mol. The molecule has 0 aromatic carbocycles. The van der Waals surface area contributed by atoms with E-state index in [0.717, 1.165) is 12.3 Å². The average Bonchev–Trinajstić information content (AvgIpc) is 2.83. The maximum atomic E-state index is 12.6. The molecule has 0 radical (unpaired) electrons. The number of ether oxygens (including phenoxy) is 1. The van der Waals surface area contributed by atoms with Crippen LogP contribution in [0, 0.1) is 6.92 Å². The van der Waals surface area contributed by atoms with Crippen LogP contribution >= 0.6 is 0 Å². The third kappa shape index (κ3) is 2.80. The first kappa shape index (κ1) is 15.6. The monoisotopic (exact) mass is 304 g/mol. The van der Waals surface area contributed by atoms with Crippen molar-refractivity contribution in [2.75, 3.05) is 25.1 Å². The van der Waals surface area contributed by atoms with Gasteiger partial charge < -0.3 is 14.7 Å². The highest BCUT2D eigenvalue weighted by Crippen LogP contribution is 2.34. The maximum Gasteiger partial charge on any atom is 0.417 e. The van der Waals surface area contributed by atoms with Crippen molar-refractivity contribution < 1.29 is 27.8 Å². The third-order valence-corrected chi connectivity index (χ3v) is 3.69. The van der Waals surface area contributed by atoms with E-state index in [1.165, 1.54) is 14.0 Å². The molecule has 2 rings (SSSR count). The van der Waals surface area contributed by atoms with Crippen LogP contribution in [0.15, 0.2) is 12.3 Å². The molecule has 1 fully saturated rings. The Kier molecular flexibility index (Phi) is 3.83. The molecule has 1 aliphatic heterocycles. The number of nitrogens with zero attached hydrogens (tertiary/aromatic N) is 2. The minimum absolute atomic E-state index is 0.0536. The van der Waals surface area contributed by atoms with Gasteiger partial charge >= 0.3 is 12.1 Å². The number of aliphatic carboxylic acids is 1. The molecule has 0 amide bonds. The van der Waals surface area contributed by atoms with Crippen molar-refractivity contribution in [2.45, 2.75) is 25.1 Å². The fourth-order valence-corrected chi connectivity index (χ4v) is 2.44. The summed E-state index contributed by atoms with van der Waals surface area (Å²) in [5.41, 5.74) is -1.81. The SMILES string of the molecule is COC1(C(=O)O)CCN(c2ncc(C(F)(F)F)cc2C)C1. The van der Waals surface area contributed by atoms with E-state index in [0.29, 0.717) is 17.9 Å². The topological polar surface area (TPSA) is 62.7 Å². The van der Waals surface area contributed by atoms with Gasteiger partial charge in [-0.25, -0.2) is 9.78 Å². The zero-order valence-electron chi connectivity index (χ0n) is 11.6. The molecule has 116 valence electrons. The van der Waals surface area contributed by atoms with E-state index in [1.54, 1.807) is 4.90 Å². The van der Waals surface area contributed by atoms with Gasteiger partial charge in [-0.3, -0.25) is 0 Å². The van der Waals surface area contributed by atoms with Gasteiger partial charge in [0.05, 0.1) is 12.1 Å². The van der Waals surface area contributed by atoms with Crippen molar-refractivity contribution in [3.8, 4) is 0 Å². The Hall–Kier alpha value is -1.83. The Morgan fingerprint density at radius 1 is 1.52 bits per heavy atom. The standard InChI is InChI=1S/C13H15F3N2O3/c1-8-5-9(13(14,15)16)6-17-10(8)18-4-3-12(7-18,21-2)11(19)20/h5-6H,3-4,7H2,1-2H3,(H,19,20). The van der Waals surface area contributed by atoms with Crippen LogP contribution in [0.4, 0.5) is 19.0 Å². The van der Waals surface area contributed by atoms with E-state index in [1.807, 2.05) is 0 Å². The highest BCUT2D eigenvalue weighted by Gasteiger charge is 2.46. The molecule has 1 atom stereocenters. The molecule has 1 aromatic rings. The normalized spacial score (nSPS) is 22.6. The molecule has 1 aliphatic rings. The van der Waals surface area contributed by atoms with E-state index >= 15 is 0 Å². The van der Waals surface area contributed by atoms with Crippen molar-refractivity contribution in [1.82, 2.24) is 4.98 Å². The first-order valence-corrected chi connectivity index (χ1v) is 6.27. The van der Waals surface area contributed by atoms with Crippen LogP contribution in [-0.2, 0) is 15.7 Å². The lowest BCUT2D eigenvalue weighted by molar-refractivity contribution is -0.159. The minimum Gasteiger partial charge on any atom is -0.479 e. The van der Waals surface area contributed by atoms with E-state index in [4.69, 9.17) is 4.74 Å². The number of aromatic nitrogens is 1. The zero-order chi connectivity index (χ0) is 15.8. The summed E-state index contributed by atoms with van der Waals surface area (Å²) < 4.78 is 42.9. The molecule has 0 aliphatic carbocycles. The summed E-state index contributed by atoms with van der Waals surface area (Å²) in [4.78, 5) is 16.8. The number of anilines is 1. The van der Waals surface area contributed by atoms with Gasteiger partial charge in [-0.1, -0.05) is 0 Å². The van der Waals surface area contributed by atoms with Gasteiger partial charge in [0.15, 0.2) is 5.60 Å². The smallest absolute Gasteiger partial charge is 0.417 e. The Labute approximate surface area is 119 Å². The Morgan fingerprint density at radius 2 is 2.19 bits per heavy atom. The summed E-state index contributed by atoms with van der Waals surface area (Å²) in [5, 5.41) is 9.23. The number of rotatable bonds is 3. The van der Waals surface area contributed by atoms with Crippen molar-refractivity contribution >= 4 is 11.8 Å². The van der Waals surface area contributed by atoms with Gasteiger partial charge in [-0.15, -0.1) is 0 Å². The van der Waals surface area contributed by atoms with Crippen LogP contribution in [-0.4, -0.2) is 41.9 Å². The molecule has 1 saturated heterocycles. The molecule has 5 nitrogen and oxygen atoms in total. The van der Waals surface area contributed by atoms with Gasteiger partial charge in [-0.05, 0) is 18.6 Å². The van der Waals surface area contributed by atoms with Crippen LogP contribution in [0.25, 0.3) is 0 Å². The van der Waals surface area contributed by atoms with E-state index in [9.17, 15) is 23.1 Å². The van der Waals surface area contributed by atoms with Crippen molar-refractivity contribution in [1.29, 1.82) is 0 Å². The number of carboxylic acids is 1. The minimum atomic E-state index is -4.45. The summed E-state index contributed by atoms with van der Waals surface area (Å²) >= 11 is 0. The zero-order valence-corrected chi connectivity index (χ0v) is 11.6. The molecule has 1 unspecified atom stereocenters. The first-order valence-electron chi connectivity index (χ1n) is 6.27. The van der Waals surface area contributed by atoms with Gasteiger partial charge in [0.25, 0.3) is 0 Å². The molecule has 0 bridgehead atoms. The van der Waals surface area contributed by atoms with Gasteiger partial charge in [0, 0.05) is 26.3 Å². The summed E-state index contributed by atoms with van der Waals surface area (Å²) in [7, 11) is 1.31. The maximum absolute atomic E-state index is 12.6. The lowest BCUT2D eigenvalue weighted by Gasteiger charge is -2.24. The highest BCUT2D eigenvalue weighted by molar-refractivity contribution is 5.79. The third-order valence-electron chi connectivity index (χ3n) is 3.69. The number of alkyl halides is 3. The second-order valence-corrected chi connectivity index (χ2v) is 5.04. The highest BCUT2D eigenvalue weighted by atomic mass is 19.4. The molecule has 1 N–H and O–H groups in total. The molecule has 0 saturated carbocycles. The Morgan fingerprint density at radius 3 is 2.62 bits per heavy atom. The lowest BCUT2D eigenvalue weighted by Crippen LogP contribution is -2.43. The van der Waals surface area contributed by atoms with Crippen LogP contribution in [0.5, 0.6) is 0 Å². The van der Waals surface area contributed by atoms with Crippen molar-refractivity contribution in [3.05, 3.63) is 23.4 Å². The second-order valence-electron chi connectivity index (χ2n) is 5.04. The summed E-state index contributed by atoms with van der Waals surface area (Å²) in [6.07, 6.45) is -3.43. The van der Waals surface area contributed by atoms with Gasteiger partial charge in [-0.2, -0.15) is 13.2 Å². The van der Waals surface area contributed by atoms with Crippen molar-refractivity contribution in [3.63, 3.8) is 0 Å². The first-order chi connectivity index (χ1) is 9.69.